The van der Waals surface area contributed by atoms with Gasteiger partial charge in [0.25, 0.3) is 5.91 Å². The summed E-state index contributed by atoms with van der Waals surface area (Å²) in [7, 11) is 0. The monoisotopic (exact) mass is 345 g/mol. The van der Waals surface area contributed by atoms with E-state index in [-0.39, 0.29) is 17.9 Å². The smallest absolute Gasteiger partial charge is 0.251 e. The molecule has 0 saturated carbocycles. The Balaban J connectivity index is 1.43. The Morgan fingerprint density at radius 3 is 2.72 bits per heavy atom. The van der Waals surface area contributed by atoms with Gasteiger partial charge in [0.2, 0.25) is 5.91 Å². The third-order valence-corrected chi connectivity index (χ3v) is 4.88. The summed E-state index contributed by atoms with van der Waals surface area (Å²) in [6.45, 7) is 5.92. The Morgan fingerprint density at radius 2 is 2.04 bits per heavy atom. The van der Waals surface area contributed by atoms with Gasteiger partial charge in [-0.3, -0.25) is 14.5 Å². The van der Waals surface area contributed by atoms with Crippen LogP contribution in [0.4, 0.5) is 5.69 Å². The minimum Gasteiger partial charge on any atom is -0.368 e. The summed E-state index contributed by atoms with van der Waals surface area (Å²) in [4.78, 5) is 28.6. The van der Waals surface area contributed by atoms with Crippen molar-refractivity contribution in [1.29, 1.82) is 0 Å². The minimum atomic E-state index is -0.249. The van der Waals surface area contributed by atoms with Crippen LogP contribution in [0.3, 0.4) is 0 Å². The molecule has 2 aliphatic rings. The van der Waals surface area contributed by atoms with Crippen LogP contribution in [0.1, 0.15) is 25.3 Å². The average Bonchev–Trinajstić information content (AvgIpc) is 3.16. The van der Waals surface area contributed by atoms with Crippen molar-refractivity contribution in [3.63, 3.8) is 0 Å². The summed E-state index contributed by atoms with van der Waals surface area (Å²) in [6.07, 6.45) is 2.50. The van der Waals surface area contributed by atoms with E-state index in [1.54, 1.807) is 0 Å². The van der Waals surface area contributed by atoms with Gasteiger partial charge in [-0.1, -0.05) is 19.1 Å². The number of aryl methyl sites for hydroxylation is 1. The van der Waals surface area contributed by atoms with E-state index >= 15 is 0 Å². The number of amides is 2. The lowest BCUT2D eigenvalue weighted by atomic mass is 10.1. The third-order valence-electron chi connectivity index (χ3n) is 4.88. The van der Waals surface area contributed by atoms with E-state index in [2.05, 4.69) is 23.2 Å². The number of hydrogen-bond donors (Lipinski definition) is 1. The Bertz CT molecular complexity index is 606. The quantitative estimate of drug-likeness (QED) is 0.879. The molecule has 2 amide bonds. The first kappa shape index (κ1) is 17.9. The number of nitrogens with zero attached hydrogens (tertiary/aromatic N) is 2. The van der Waals surface area contributed by atoms with E-state index in [1.807, 2.05) is 23.1 Å². The Morgan fingerprint density at radius 1 is 1.24 bits per heavy atom. The van der Waals surface area contributed by atoms with Crippen molar-refractivity contribution in [1.82, 2.24) is 9.80 Å². The largest absolute Gasteiger partial charge is 0.368 e. The second-order valence-electron chi connectivity index (χ2n) is 6.71. The highest BCUT2D eigenvalue weighted by atomic mass is 16.5. The molecule has 1 aromatic carbocycles. The van der Waals surface area contributed by atoms with E-state index in [1.165, 1.54) is 5.56 Å². The van der Waals surface area contributed by atoms with Crippen LogP contribution in [0.25, 0.3) is 0 Å². The Kier molecular flexibility index (Phi) is 6.04. The highest BCUT2D eigenvalue weighted by molar-refractivity contribution is 5.92. The zero-order valence-corrected chi connectivity index (χ0v) is 14.9. The number of anilines is 1. The van der Waals surface area contributed by atoms with Crippen molar-refractivity contribution in [2.45, 2.75) is 32.3 Å². The van der Waals surface area contributed by atoms with Gasteiger partial charge < -0.3 is 15.0 Å². The second kappa shape index (κ2) is 8.45. The molecular formula is C19H27N3O3. The summed E-state index contributed by atoms with van der Waals surface area (Å²) >= 11 is 0. The van der Waals surface area contributed by atoms with Crippen molar-refractivity contribution in [3.8, 4) is 0 Å². The predicted octanol–water partition coefficient (Wildman–Crippen LogP) is 1.51. The zero-order chi connectivity index (χ0) is 17.6. The number of hydrogen-bond acceptors (Lipinski definition) is 4. The van der Waals surface area contributed by atoms with E-state index < -0.39 is 0 Å². The van der Waals surface area contributed by atoms with Gasteiger partial charge in [0.05, 0.1) is 6.54 Å². The van der Waals surface area contributed by atoms with Crippen molar-refractivity contribution in [3.05, 3.63) is 29.8 Å². The van der Waals surface area contributed by atoms with Gasteiger partial charge in [0, 0.05) is 38.5 Å². The van der Waals surface area contributed by atoms with Crippen molar-refractivity contribution < 1.29 is 14.3 Å². The normalized spacial score (nSPS) is 21.3. The fourth-order valence-electron chi connectivity index (χ4n) is 3.38. The number of ether oxygens (including phenoxy) is 1. The number of benzene rings is 1. The maximum atomic E-state index is 12.3. The van der Waals surface area contributed by atoms with Crippen LogP contribution in [0, 0.1) is 0 Å². The van der Waals surface area contributed by atoms with Gasteiger partial charge in [-0.15, -0.1) is 0 Å². The van der Waals surface area contributed by atoms with Gasteiger partial charge in [-0.2, -0.15) is 0 Å². The molecule has 2 fully saturated rings. The van der Waals surface area contributed by atoms with Gasteiger partial charge in [-0.05, 0) is 37.0 Å². The van der Waals surface area contributed by atoms with Gasteiger partial charge >= 0.3 is 0 Å². The maximum absolute atomic E-state index is 12.3. The molecular weight excluding hydrogens is 318 g/mol. The number of piperazine rings is 1. The topological polar surface area (TPSA) is 61.9 Å². The molecule has 6 heteroatoms. The molecule has 3 rings (SSSR count). The number of rotatable bonds is 5. The lowest BCUT2D eigenvalue weighted by Crippen LogP contribution is -2.52. The maximum Gasteiger partial charge on any atom is 0.251 e. The molecule has 2 heterocycles. The van der Waals surface area contributed by atoms with Crippen molar-refractivity contribution >= 4 is 17.5 Å². The highest BCUT2D eigenvalue weighted by Crippen LogP contribution is 2.16. The lowest BCUT2D eigenvalue weighted by Gasteiger charge is -2.35. The highest BCUT2D eigenvalue weighted by Gasteiger charge is 2.30. The first-order valence-corrected chi connectivity index (χ1v) is 9.17. The molecule has 2 saturated heterocycles. The van der Waals surface area contributed by atoms with E-state index in [4.69, 9.17) is 4.74 Å². The van der Waals surface area contributed by atoms with Crippen LogP contribution < -0.4 is 5.32 Å². The van der Waals surface area contributed by atoms with Gasteiger partial charge in [-0.25, -0.2) is 0 Å². The first-order chi connectivity index (χ1) is 12.2. The molecule has 2 aliphatic heterocycles. The summed E-state index contributed by atoms with van der Waals surface area (Å²) in [5.41, 5.74) is 2.05. The number of nitrogens with one attached hydrogen (secondary N) is 1. The zero-order valence-electron chi connectivity index (χ0n) is 14.9. The molecule has 0 unspecified atom stereocenters. The summed E-state index contributed by atoms with van der Waals surface area (Å²) in [6, 6.07) is 7.94. The van der Waals surface area contributed by atoms with Crippen molar-refractivity contribution in [2.75, 3.05) is 44.6 Å². The molecule has 0 radical (unpaired) electrons. The van der Waals surface area contributed by atoms with Crippen LogP contribution in [0.5, 0.6) is 0 Å². The fraction of sp³-hybridized carbons (Fsp3) is 0.579. The molecule has 1 aromatic rings. The lowest BCUT2D eigenvalue weighted by molar-refractivity contribution is -0.142. The molecule has 0 spiro atoms. The fourth-order valence-corrected chi connectivity index (χ4v) is 3.38. The van der Waals surface area contributed by atoms with Crippen LogP contribution in [-0.4, -0.2) is 67.0 Å². The second-order valence-corrected chi connectivity index (χ2v) is 6.71. The van der Waals surface area contributed by atoms with Crippen molar-refractivity contribution in [2.24, 2.45) is 0 Å². The van der Waals surface area contributed by atoms with Gasteiger partial charge in [0.1, 0.15) is 6.10 Å². The average molecular weight is 345 g/mol. The minimum absolute atomic E-state index is 0.00726. The summed E-state index contributed by atoms with van der Waals surface area (Å²) < 4.78 is 5.48. The van der Waals surface area contributed by atoms with Crippen LogP contribution in [0.15, 0.2) is 24.3 Å². The Hall–Kier alpha value is -1.92. The third kappa shape index (κ3) is 4.80. The molecule has 0 aromatic heterocycles. The van der Waals surface area contributed by atoms with E-state index in [9.17, 15) is 9.59 Å². The van der Waals surface area contributed by atoms with Crippen LogP contribution in [-0.2, 0) is 20.7 Å². The SMILES string of the molecule is CCc1cccc(NC(=O)CN2CCN(C(=O)[C@@H]3CCCO3)CC2)c1. The van der Waals surface area contributed by atoms with Gasteiger partial charge in [0.15, 0.2) is 0 Å². The van der Waals surface area contributed by atoms with Crippen LogP contribution >= 0.6 is 0 Å². The molecule has 136 valence electrons. The standard InChI is InChI=1S/C19H27N3O3/c1-2-15-5-3-6-16(13-15)20-18(23)14-21-8-10-22(11-9-21)19(24)17-7-4-12-25-17/h3,5-6,13,17H,2,4,7-12,14H2,1H3,(H,20,23)/t17-/m0/s1. The number of carbonyl (C=O) groups is 2. The summed E-state index contributed by atoms with van der Waals surface area (Å²) in [5, 5.41) is 2.96. The van der Waals surface area contributed by atoms with E-state index in [0.717, 1.165) is 38.0 Å². The van der Waals surface area contributed by atoms with E-state index in [0.29, 0.717) is 26.2 Å². The summed E-state index contributed by atoms with van der Waals surface area (Å²) in [5.74, 6) is 0.102. The van der Waals surface area contributed by atoms with Crippen LogP contribution in [0.2, 0.25) is 0 Å². The molecule has 0 aliphatic carbocycles. The molecule has 1 atom stereocenters. The molecule has 6 nitrogen and oxygen atoms in total. The Labute approximate surface area is 149 Å². The first-order valence-electron chi connectivity index (χ1n) is 9.17. The predicted molar refractivity (Wildman–Crippen MR) is 96.4 cm³/mol. The number of carbonyl (C=O) groups excluding carboxylic acids is 2. The molecule has 0 bridgehead atoms. The molecule has 25 heavy (non-hydrogen) atoms. The molecule has 1 N–H and O–H groups in total.